The van der Waals surface area contributed by atoms with Crippen LogP contribution in [-0.2, 0) is 35.3 Å². The van der Waals surface area contributed by atoms with Gasteiger partial charge in [-0.3, -0.25) is 9.59 Å². The molecule has 3 aliphatic heterocycles. The molecule has 3 heterocycles. The smallest absolute Gasteiger partial charge is 0.226 e. The Morgan fingerprint density at radius 2 is 1.55 bits per heavy atom. The molecule has 5 N–H and O–H groups in total. The first kappa shape index (κ1) is 27.8. The summed E-state index contributed by atoms with van der Waals surface area (Å²) in [5, 5.41) is 23.8. The lowest BCUT2D eigenvalue weighted by Crippen LogP contribution is -2.26. The Hall–Kier alpha value is -4.98. The first-order chi connectivity index (χ1) is 21.4. The van der Waals surface area contributed by atoms with E-state index in [-0.39, 0.29) is 35.8 Å². The number of benzene rings is 4. The van der Waals surface area contributed by atoms with Crippen LogP contribution in [0.2, 0.25) is 0 Å². The molecule has 0 radical (unpaired) electrons. The largest absolute Gasteiger partial charge is 0.508 e. The number of amides is 2. The zero-order chi connectivity index (χ0) is 30.2. The normalized spacial score (nSPS) is 20.3. The van der Waals surface area contributed by atoms with Gasteiger partial charge < -0.3 is 31.1 Å². The fraction of sp³-hybridized carbons (Fsp3) is 0.278. The average molecular weight is 589 g/mol. The van der Waals surface area contributed by atoms with Gasteiger partial charge in [0, 0.05) is 36.9 Å². The molecular formula is C36H36N4O4. The van der Waals surface area contributed by atoms with E-state index < -0.39 is 0 Å². The maximum Gasteiger partial charge on any atom is 0.226 e. The minimum absolute atomic E-state index is 0.0166. The number of fused-ring (bicyclic) bond motifs is 3. The summed E-state index contributed by atoms with van der Waals surface area (Å²) in [5.74, 6) is 1.10. The van der Waals surface area contributed by atoms with E-state index in [1.807, 2.05) is 61.5 Å². The predicted molar refractivity (Wildman–Crippen MR) is 173 cm³/mol. The summed E-state index contributed by atoms with van der Waals surface area (Å²) in [6.07, 6.45) is 3.19. The van der Waals surface area contributed by atoms with Crippen LogP contribution < -0.4 is 26.0 Å². The van der Waals surface area contributed by atoms with Crippen LogP contribution in [0.25, 0.3) is 0 Å². The van der Waals surface area contributed by atoms with Crippen LogP contribution in [0.5, 0.6) is 11.5 Å². The molecule has 224 valence electrons. The third-order valence-electron chi connectivity index (χ3n) is 8.72. The van der Waals surface area contributed by atoms with Crippen molar-refractivity contribution in [2.75, 3.05) is 21.3 Å². The van der Waals surface area contributed by atoms with Crippen LogP contribution in [0.4, 0.5) is 22.7 Å². The minimum atomic E-state index is -0.182. The highest BCUT2D eigenvalue weighted by atomic mass is 16.5. The number of ether oxygens (including phenoxy) is 1. The summed E-state index contributed by atoms with van der Waals surface area (Å²) < 4.78 is 6.34. The zero-order valence-electron chi connectivity index (χ0n) is 24.7. The molecule has 1 unspecified atom stereocenters. The van der Waals surface area contributed by atoms with Gasteiger partial charge in [-0.1, -0.05) is 54.6 Å². The Kier molecular flexibility index (Phi) is 7.34. The number of hydrogen-bond donors (Lipinski definition) is 5. The first-order valence-electron chi connectivity index (χ1n) is 15.3. The lowest BCUT2D eigenvalue weighted by Gasteiger charge is -2.23. The van der Waals surface area contributed by atoms with Crippen LogP contribution in [0.15, 0.2) is 78.9 Å². The molecule has 44 heavy (non-hydrogen) atoms. The molecule has 4 aromatic rings. The summed E-state index contributed by atoms with van der Waals surface area (Å²) in [7, 11) is 0. The Bertz CT molecular complexity index is 1730. The summed E-state index contributed by atoms with van der Waals surface area (Å²) in [6.45, 7) is 2.01. The van der Waals surface area contributed by atoms with Gasteiger partial charge in [0.1, 0.15) is 17.6 Å². The molecule has 0 aromatic heterocycles. The zero-order valence-corrected chi connectivity index (χ0v) is 24.7. The van der Waals surface area contributed by atoms with E-state index in [4.69, 9.17) is 4.74 Å². The van der Waals surface area contributed by atoms with Crippen molar-refractivity contribution in [2.45, 2.75) is 63.6 Å². The minimum Gasteiger partial charge on any atom is -0.508 e. The molecule has 8 heteroatoms. The lowest BCUT2D eigenvalue weighted by atomic mass is 9.95. The Balaban J connectivity index is 1.19. The Morgan fingerprint density at radius 1 is 0.773 bits per heavy atom. The lowest BCUT2D eigenvalue weighted by molar-refractivity contribution is -0.117. The van der Waals surface area contributed by atoms with E-state index in [2.05, 4.69) is 39.5 Å². The van der Waals surface area contributed by atoms with Gasteiger partial charge in [-0.2, -0.15) is 0 Å². The second-order valence-corrected chi connectivity index (χ2v) is 12.1. The van der Waals surface area contributed by atoms with E-state index in [0.29, 0.717) is 32.1 Å². The van der Waals surface area contributed by atoms with Crippen molar-refractivity contribution >= 4 is 34.6 Å². The second-order valence-electron chi connectivity index (χ2n) is 12.1. The monoisotopic (exact) mass is 588 g/mol. The Morgan fingerprint density at radius 3 is 2.41 bits per heavy atom. The molecule has 3 atom stereocenters. The highest BCUT2D eigenvalue weighted by Crippen LogP contribution is 2.42. The molecule has 0 saturated carbocycles. The summed E-state index contributed by atoms with van der Waals surface area (Å²) in [5.41, 5.74) is 8.46. The van der Waals surface area contributed by atoms with Crippen molar-refractivity contribution in [3.63, 3.8) is 0 Å². The molecule has 4 aromatic carbocycles. The summed E-state index contributed by atoms with van der Waals surface area (Å²) >= 11 is 0. The number of nitrogens with one attached hydrogen (secondary N) is 4. The van der Waals surface area contributed by atoms with E-state index in [0.717, 1.165) is 57.2 Å². The molecule has 0 bridgehead atoms. The van der Waals surface area contributed by atoms with Gasteiger partial charge in [0.25, 0.3) is 0 Å². The molecule has 0 saturated heterocycles. The van der Waals surface area contributed by atoms with Crippen LogP contribution in [-0.4, -0.2) is 29.0 Å². The van der Waals surface area contributed by atoms with Gasteiger partial charge in [0.05, 0.1) is 22.7 Å². The molecule has 0 fully saturated rings. The third kappa shape index (κ3) is 5.67. The van der Waals surface area contributed by atoms with Crippen LogP contribution in [0.3, 0.4) is 0 Å². The summed E-state index contributed by atoms with van der Waals surface area (Å²) in [6, 6.07) is 25.4. The maximum atomic E-state index is 13.1. The predicted octanol–water partition coefficient (Wildman–Crippen LogP) is 6.36. The number of hydrogen-bond acceptors (Lipinski definition) is 6. The number of aromatic hydroxyl groups is 1. The topological polar surface area (TPSA) is 112 Å². The van der Waals surface area contributed by atoms with Gasteiger partial charge >= 0.3 is 0 Å². The van der Waals surface area contributed by atoms with Crippen LogP contribution >= 0.6 is 0 Å². The van der Waals surface area contributed by atoms with E-state index in [1.54, 1.807) is 6.07 Å². The number of rotatable bonds is 6. The number of carbonyl (C=O) groups is 2. The number of carbonyl (C=O) groups excluding carboxylic acids is 2. The molecular weight excluding hydrogens is 552 g/mol. The van der Waals surface area contributed by atoms with E-state index >= 15 is 0 Å². The molecule has 8 nitrogen and oxygen atoms in total. The number of phenolic OH excluding ortho intramolecular Hbond substituents is 1. The summed E-state index contributed by atoms with van der Waals surface area (Å²) in [4.78, 5) is 25.8. The molecule has 3 aliphatic rings. The fourth-order valence-electron chi connectivity index (χ4n) is 6.67. The SMILES string of the molecule is C[C@@H]1CC(=O)Nc2cc(C[C@@H]3CC(=O)Nc4cccc(C5Cc6ccccc6O5)c4N3)cc(CCc3ccccc3O)c2N1. The van der Waals surface area contributed by atoms with Crippen molar-refractivity contribution in [3.8, 4) is 11.5 Å². The standard InChI is InChI=1S/C36H36N4O4/c1-21-15-33(42)40-29-18-22(16-25(35(29)37-21)14-13-23-7-2-4-11-30(23)41)17-26-20-34(43)39-28-10-6-9-27(36(28)38-26)32-19-24-8-3-5-12-31(24)44-32/h2-12,16,18,21,26,32,37-38,41H,13-15,17,19-20H2,1H3,(H,39,43)(H,40,42)/t21-,26-,32?/m1/s1. The van der Waals surface area contributed by atoms with Crippen LogP contribution in [0, 0.1) is 0 Å². The average Bonchev–Trinajstić information content (AvgIpc) is 3.27. The highest BCUT2D eigenvalue weighted by molar-refractivity contribution is 5.98. The van der Waals surface area contributed by atoms with Gasteiger partial charge in [-0.25, -0.2) is 0 Å². The van der Waals surface area contributed by atoms with Gasteiger partial charge in [-0.15, -0.1) is 0 Å². The van der Waals surface area contributed by atoms with E-state index in [9.17, 15) is 14.7 Å². The molecule has 7 rings (SSSR count). The third-order valence-corrected chi connectivity index (χ3v) is 8.72. The molecule has 0 spiro atoms. The van der Waals surface area contributed by atoms with Gasteiger partial charge in [0.2, 0.25) is 11.8 Å². The Labute approximate surface area is 256 Å². The number of para-hydroxylation sites is 3. The van der Waals surface area contributed by atoms with Crippen molar-refractivity contribution in [1.82, 2.24) is 0 Å². The maximum absolute atomic E-state index is 13.1. The van der Waals surface area contributed by atoms with Crippen molar-refractivity contribution in [3.05, 3.63) is 107 Å². The number of anilines is 4. The number of aryl methyl sites for hydroxylation is 2. The molecule has 0 aliphatic carbocycles. The van der Waals surface area contributed by atoms with Crippen molar-refractivity contribution in [2.24, 2.45) is 0 Å². The molecule has 2 amide bonds. The fourth-order valence-corrected chi connectivity index (χ4v) is 6.67. The van der Waals surface area contributed by atoms with Gasteiger partial charge in [0.15, 0.2) is 0 Å². The number of phenols is 1. The van der Waals surface area contributed by atoms with Gasteiger partial charge in [-0.05, 0) is 72.7 Å². The van der Waals surface area contributed by atoms with Crippen LogP contribution in [0.1, 0.15) is 53.7 Å². The van der Waals surface area contributed by atoms with Crippen molar-refractivity contribution in [1.29, 1.82) is 0 Å². The highest BCUT2D eigenvalue weighted by Gasteiger charge is 2.30. The quantitative estimate of drug-likeness (QED) is 0.179. The van der Waals surface area contributed by atoms with Crippen molar-refractivity contribution < 1.29 is 19.4 Å². The van der Waals surface area contributed by atoms with E-state index in [1.165, 1.54) is 5.56 Å². The second kappa shape index (κ2) is 11.6. The first-order valence-corrected chi connectivity index (χ1v) is 15.3.